The molecule has 0 aliphatic rings. The Morgan fingerprint density at radius 1 is 1.09 bits per heavy atom. The molecule has 172 valence electrons. The number of alkyl halides is 1. The molecule has 3 rings (SSSR count). The van der Waals surface area contributed by atoms with Gasteiger partial charge in [0.05, 0.1) is 16.3 Å². The van der Waals surface area contributed by atoms with Crippen LogP contribution in [0.15, 0.2) is 54.6 Å². The van der Waals surface area contributed by atoms with Crippen LogP contribution in [0.25, 0.3) is 11.1 Å². The fourth-order valence-corrected chi connectivity index (χ4v) is 3.63. The molecule has 3 aromatic carbocycles. The molecule has 0 aliphatic heterocycles. The van der Waals surface area contributed by atoms with Gasteiger partial charge in [0.2, 0.25) is 5.91 Å². The number of hydrogen-bond donors (Lipinski definition) is 1. The fourth-order valence-electron chi connectivity index (χ4n) is 3.16. The summed E-state index contributed by atoms with van der Waals surface area (Å²) < 4.78 is 33.4. The minimum absolute atomic E-state index is 0.0432. The second-order valence-electron chi connectivity index (χ2n) is 7.29. The lowest BCUT2D eigenvalue weighted by Crippen LogP contribution is -2.28. The topological polar surface area (TPSA) is 72.6 Å². The maximum Gasteiger partial charge on any atom is 0.262 e. The number of carbonyl (C=O) groups is 2. The van der Waals surface area contributed by atoms with Gasteiger partial charge in [-0.2, -0.15) is 0 Å². The second kappa shape index (κ2) is 10.2. The van der Waals surface area contributed by atoms with Crippen molar-refractivity contribution in [2.75, 3.05) is 18.6 Å². The van der Waals surface area contributed by atoms with Gasteiger partial charge >= 0.3 is 0 Å². The standard InChI is InChI=1S/C24H20Cl2F2N2O3/c1-13(27)12-33-21-11-14(16-10-15(23(29)31)6-8-17(16)25)7-9-20(21)30(2)24(32)22-18(26)4-3-5-19(22)28/h3-11,13H,12H2,1-2H3,(H2,29,31). The molecule has 1 unspecified atom stereocenters. The molecule has 5 nitrogen and oxygen atoms in total. The van der Waals surface area contributed by atoms with E-state index in [0.717, 1.165) is 11.0 Å². The zero-order chi connectivity index (χ0) is 24.3. The van der Waals surface area contributed by atoms with E-state index in [2.05, 4.69) is 0 Å². The van der Waals surface area contributed by atoms with E-state index in [1.165, 1.54) is 44.3 Å². The maximum atomic E-state index is 14.3. The molecule has 2 amide bonds. The van der Waals surface area contributed by atoms with Crippen molar-refractivity contribution in [3.05, 3.63) is 81.6 Å². The van der Waals surface area contributed by atoms with Crippen molar-refractivity contribution in [1.29, 1.82) is 0 Å². The molecule has 0 aromatic heterocycles. The Hall–Kier alpha value is -3.16. The molecule has 3 aromatic rings. The molecular formula is C24H20Cl2F2N2O3. The summed E-state index contributed by atoms with van der Waals surface area (Å²) in [5.41, 5.74) is 6.60. The average Bonchev–Trinajstić information content (AvgIpc) is 2.77. The molecule has 0 fully saturated rings. The second-order valence-corrected chi connectivity index (χ2v) is 8.11. The first-order valence-electron chi connectivity index (χ1n) is 9.82. The van der Waals surface area contributed by atoms with E-state index in [0.29, 0.717) is 16.1 Å². The summed E-state index contributed by atoms with van der Waals surface area (Å²) in [5, 5.41) is 0.304. The highest BCUT2D eigenvalue weighted by atomic mass is 35.5. The largest absolute Gasteiger partial charge is 0.488 e. The molecule has 0 bridgehead atoms. The lowest BCUT2D eigenvalue weighted by Gasteiger charge is -2.23. The van der Waals surface area contributed by atoms with Crippen molar-refractivity contribution in [2.24, 2.45) is 5.73 Å². The van der Waals surface area contributed by atoms with E-state index in [-0.39, 0.29) is 34.2 Å². The number of ether oxygens (including phenoxy) is 1. The van der Waals surface area contributed by atoms with Gasteiger partial charge in [-0.1, -0.05) is 35.3 Å². The van der Waals surface area contributed by atoms with Crippen molar-refractivity contribution < 1.29 is 23.1 Å². The van der Waals surface area contributed by atoms with E-state index >= 15 is 0 Å². The summed E-state index contributed by atoms with van der Waals surface area (Å²) in [6, 6.07) is 13.2. The molecule has 0 heterocycles. The SMILES string of the molecule is CC(F)COc1cc(-c2cc(C(N)=O)ccc2Cl)ccc1N(C)C(=O)c1c(F)cccc1Cl. The normalized spacial score (nSPS) is 11.7. The summed E-state index contributed by atoms with van der Waals surface area (Å²) in [5.74, 6) is -1.95. The van der Waals surface area contributed by atoms with Gasteiger partial charge in [-0.15, -0.1) is 0 Å². The van der Waals surface area contributed by atoms with E-state index in [4.69, 9.17) is 33.7 Å². The van der Waals surface area contributed by atoms with Crippen LogP contribution in [0, 0.1) is 5.82 Å². The number of nitrogens with two attached hydrogens (primary N) is 1. The zero-order valence-corrected chi connectivity index (χ0v) is 19.3. The number of nitrogens with zero attached hydrogens (tertiary/aromatic N) is 1. The highest BCUT2D eigenvalue weighted by Crippen LogP contribution is 2.37. The summed E-state index contributed by atoms with van der Waals surface area (Å²) >= 11 is 12.3. The van der Waals surface area contributed by atoms with E-state index < -0.39 is 23.8 Å². The van der Waals surface area contributed by atoms with Gasteiger partial charge in [0, 0.05) is 23.2 Å². The molecule has 9 heteroatoms. The van der Waals surface area contributed by atoms with Crippen molar-refractivity contribution in [3.8, 4) is 16.9 Å². The van der Waals surface area contributed by atoms with Crippen LogP contribution in [-0.4, -0.2) is 31.6 Å². The lowest BCUT2D eigenvalue weighted by molar-refractivity contribution is 0.0984. The average molecular weight is 493 g/mol. The van der Waals surface area contributed by atoms with Crippen LogP contribution in [0.3, 0.4) is 0 Å². The molecular weight excluding hydrogens is 473 g/mol. The third kappa shape index (κ3) is 5.43. The number of carbonyl (C=O) groups excluding carboxylic acids is 2. The number of benzene rings is 3. The summed E-state index contributed by atoms with van der Waals surface area (Å²) in [7, 11) is 1.42. The van der Waals surface area contributed by atoms with Gasteiger partial charge in [-0.05, 0) is 55.0 Å². The molecule has 0 saturated carbocycles. The lowest BCUT2D eigenvalue weighted by atomic mass is 10.0. The predicted octanol–water partition coefficient (Wildman–Crippen LogP) is 5.91. The number of rotatable bonds is 7. The Kier molecular flexibility index (Phi) is 7.56. The van der Waals surface area contributed by atoms with Gasteiger partial charge in [-0.3, -0.25) is 9.59 Å². The summed E-state index contributed by atoms with van der Waals surface area (Å²) in [4.78, 5) is 25.7. The van der Waals surface area contributed by atoms with Gasteiger partial charge in [0.15, 0.2) is 0 Å². The van der Waals surface area contributed by atoms with Crippen molar-refractivity contribution in [2.45, 2.75) is 13.1 Å². The Morgan fingerprint density at radius 2 is 1.82 bits per heavy atom. The highest BCUT2D eigenvalue weighted by Gasteiger charge is 2.24. The van der Waals surface area contributed by atoms with Gasteiger partial charge < -0.3 is 15.4 Å². The number of hydrogen-bond acceptors (Lipinski definition) is 3. The van der Waals surface area contributed by atoms with Crippen LogP contribution >= 0.6 is 23.2 Å². The molecule has 0 spiro atoms. The summed E-state index contributed by atoms with van der Waals surface area (Å²) in [6.45, 7) is 1.04. The van der Waals surface area contributed by atoms with Gasteiger partial charge in [0.1, 0.15) is 24.3 Å². The van der Waals surface area contributed by atoms with Crippen LogP contribution in [-0.2, 0) is 0 Å². The predicted molar refractivity (Wildman–Crippen MR) is 126 cm³/mol. The minimum atomic E-state index is -1.29. The third-order valence-electron chi connectivity index (χ3n) is 4.83. The van der Waals surface area contributed by atoms with E-state index in [1.54, 1.807) is 18.2 Å². The smallest absolute Gasteiger partial charge is 0.262 e. The monoisotopic (exact) mass is 492 g/mol. The van der Waals surface area contributed by atoms with Crippen LogP contribution in [0.2, 0.25) is 10.0 Å². The molecule has 33 heavy (non-hydrogen) atoms. The van der Waals surface area contributed by atoms with E-state index in [1.807, 2.05) is 0 Å². The molecule has 0 radical (unpaired) electrons. The third-order valence-corrected chi connectivity index (χ3v) is 5.48. The van der Waals surface area contributed by atoms with Crippen molar-refractivity contribution in [3.63, 3.8) is 0 Å². The number of halogens is 4. The first-order valence-corrected chi connectivity index (χ1v) is 10.6. The first-order chi connectivity index (χ1) is 15.6. The van der Waals surface area contributed by atoms with Crippen LogP contribution in [0.5, 0.6) is 5.75 Å². The number of primary amides is 1. The molecule has 2 N–H and O–H groups in total. The Labute approximate surface area is 199 Å². The molecule has 0 saturated heterocycles. The van der Waals surface area contributed by atoms with Crippen molar-refractivity contribution in [1.82, 2.24) is 0 Å². The zero-order valence-electron chi connectivity index (χ0n) is 17.7. The first kappa shape index (κ1) is 24.5. The Morgan fingerprint density at radius 3 is 2.45 bits per heavy atom. The Balaban J connectivity index is 2.08. The minimum Gasteiger partial charge on any atom is -0.488 e. The van der Waals surface area contributed by atoms with Crippen molar-refractivity contribution >= 4 is 40.7 Å². The number of amides is 2. The van der Waals surface area contributed by atoms with Crippen LogP contribution in [0.4, 0.5) is 14.5 Å². The highest BCUT2D eigenvalue weighted by molar-refractivity contribution is 6.34. The fraction of sp³-hybridized carbons (Fsp3) is 0.167. The van der Waals surface area contributed by atoms with Crippen LogP contribution in [0.1, 0.15) is 27.6 Å². The quantitative estimate of drug-likeness (QED) is 0.445. The van der Waals surface area contributed by atoms with Crippen LogP contribution < -0.4 is 15.4 Å². The maximum absolute atomic E-state index is 14.3. The van der Waals surface area contributed by atoms with Gasteiger partial charge in [0.25, 0.3) is 5.91 Å². The molecule has 0 aliphatic carbocycles. The Bertz CT molecular complexity index is 1200. The molecule has 1 atom stereocenters. The van der Waals surface area contributed by atoms with Gasteiger partial charge in [-0.25, -0.2) is 8.78 Å². The van der Waals surface area contributed by atoms with E-state index in [9.17, 15) is 18.4 Å². The number of anilines is 1. The summed E-state index contributed by atoms with van der Waals surface area (Å²) in [6.07, 6.45) is -1.29.